The monoisotopic (exact) mass is 546 g/mol. The first-order chi connectivity index (χ1) is 18.4. The minimum Gasteiger partial charge on any atom is -0.463 e. The molecule has 2 atom stereocenters. The lowest BCUT2D eigenvalue weighted by molar-refractivity contribution is -0.137. The van der Waals surface area contributed by atoms with Gasteiger partial charge in [0.05, 0.1) is 12.7 Å². The first-order valence-electron chi connectivity index (χ1n) is 14.9. The summed E-state index contributed by atoms with van der Waals surface area (Å²) >= 11 is 0. The summed E-state index contributed by atoms with van der Waals surface area (Å²) in [7, 11) is -1.99. The zero-order chi connectivity index (χ0) is 28.6. The molecule has 0 aliphatic heterocycles. The van der Waals surface area contributed by atoms with Crippen LogP contribution >= 0.6 is 0 Å². The Hall–Kier alpha value is -2.35. The minimum atomic E-state index is -1.99. The van der Waals surface area contributed by atoms with Crippen LogP contribution in [0.4, 0.5) is 0 Å². The summed E-state index contributed by atoms with van der Waals surface area (Å²) in [6, 6.07) is 10.3. The molecule has 2 saturated carbocycles. The molecule has 1 aromatic rings. The van der Waals surface area contributed by atoms with Crippen LogP contribution < -0.4 is 0 Å². The molecule has 1 aromatic carbocycles. The van der Waals surface area contributed by atoms with Crippen LogP contribution in [0.2, 0.25) is 18.1 Å². The molecule has 0 spiro atoms. The fourth-order valence-electron chi connectivity index (χ4n) is 5.34. The molecule has 0 amide bonds. The Labute approximate surface area is 239 Å². The minimum absolute atomic E-state index is 0.0376. The Morgan fingerprint density at radius 3 is 2.41 bits per heavy atom. The Balaban J connectivity index is 1.85. The van der Waals surface area contributed by atoms with E-state index in [1.807, 2.05) is 25.1 Å². The summed E-state index contributed by atoms with van der Waals surface area (Å²) in [4.78, 5) is 12.2. The van der Waals surface area contributed by atoms with Gasteiger partial charge in [0.1, 0.15) is 0 Å². The average Bonchev–Trinajstić information content (AvgIpc) is 2.84. The van der Waals surface area contributed by atoms with Crippen molar-refractivity contribution in [3.05, 3.63) is 71.8 Å². The second-order valence-corrected chi connectivity index (χ2v) is 17.9. The second kappa shape index (κ2) is 13.3. The molecule has 0 aromatic heterocycles. The van der Waals surface area contributed by atoms with Gasteiger partial charge in [-0.05, 0) is 69.3 Å². The number of esters is 1. The highest BCUT2D eigenvalue weighted by Gasteiger charge is 2.48. The van der Waals surface area contributed by atoms with Gasteiger partial charge < -0.3 is 9.16 Å². The molecule has 0 heterocycles. The van der Waals surface area contributed by atoms with E-state index in [1.54, 1.807) is 6.08 Å². The third kappa shape index (κ3) is 8.32. The summed E-state index contributed by atoms with van der Waals surface area (Å²) < 4.78 is 12.3. The highest BCUT2D eigenvalue weighted by molar-refractivity contribution is 6.74. The Bertz CT molecular complexity index is 1110. The van der Waals surface area contributed by atoms with Gasteiger partial charge >= 0.3 is 5.97 Å². The molecule has 3 nitrogen and oxygen atoms in total. The maximum atomic E-state index is 12.2. The number of benzene rings is 1. The molecule has 2 aliphatic carbocycles. The normalized spacial score (nSPS) is 23.3. The Morgan fingerprint density at radius 1 is 1.08 bits per heavy atom. The zero-order valence-corrected chi connectivity index (χ0v) is 26.4. The molecular weight excluding hydrogens is 496 g/mol. The number of carbonyl (C=O) groups is 1. The molecule has 2 aliphatic rings. The zero-order valence-electron chi connectivity index (χ0n) is 25.4. The maximum absolute atomic E-state index is 12.2. The quantitative estimate of drug-likeness (QED) is 0.102. The van der Waals surface area contributed by atoms with E-state index in [1.165, 1.54) is 18.4 Å². The van der Waals surface area contributed by atoms with Crippen LogP contribution in [0, 0.1) is 22.7 Å². The van der Waals surface area contributed by atoms with Crippen molar-refractivity contribution in [2.75, 3.05) is 6.61 Å². The second-order valence-electron chi connectivity index (χ2n) is 13.1. The third-order valence-electron chi connectivity index (χ3n) is 9.19. The van der Waals surface area contributed by atoms with Crippen molar-refractivity contribution in [3.63, 3.8) is 0 Å². The summed E-state index contributed by atoms with van der Waals surface area (Å²) in [5.74, 6) is 6.67. The van der Waals surface area contributed by atoms with Crippen molar-refractivity contribution >= 4 is 14.3 Å². The van der Waals surface area contributed by atoms with Gasteiger partial charge in [-0.1, -0.05) is 100 Å². The van der Waals surface area contributed by atoms with Crippen LogP contribution in [-0.2, 0) is 14.0 Å². The van der Waals surface area contributed by atoms with Crippen LogP contribution in [0.1, 0.15) is 91.5 Å². The number of allylic oxidation sites excluding steroid dienone is 4. The predicted octanol–water partition coefficient (Wildman–Crippen LogP) is 9.17. The van der Waals surface area contributed by atoms with Crippen LogP contribution in [0.5, 0.6) is 0 Å². The van der Waals surface area contributed by atoms with Crippen LogP contribution in [-0.4, -0.2) is 27.0 Å². The van der Waals surface area contributed by atoms with Gasteiger partial charge in [0, 0.05) is 28.9 Å². The van der Waals surface area contributed by atoms with E-state index in [4.69, 9.17) is 9.16 Å². The third-order valence-corrected chi connectivity index (χ3v) is 13.6. The van der Waals surface area contributed by atoms with Gasteiger partial charge in [0.2, 0.25) is 0 Å². The summed E-state index contributed by atoms with van der Waals surface area (Å²) in [5.41, 5.74) is 2.18. The average molecular weight is 547 g/mol. The summed E-state index contributed by atoms with van der Waals surface area (Å²) in [6.07, 6.45) is 19.4. The number of carbonyl (C=O) groups excluding carboxylic acids is 1. The lowest BCUT2D eigenvalue weighted by Gasteiger charge is -2.50. The van der Waals surface area contributed by atoms with E-state index in [0.29, 0.717) is 6.61 Å². The fourth-order valence-corrected chi connectivity index (χ4v) is 6.66. The maximum Gasteiger partial charge on any atom is 0.330 e. The van der Waals surface area contributed by atoms with Crippen molar-refractivity contribution in [2.24, 2.45) is 10.8 Å². The first-order valence-corrected chi connectivity index (χ1v) is 17.8. The highest BCUT2D eigenvalue weighted by Crippen LogP contribution is 2.51. The van der Waals surface area contributed by atoms with Crippen molar-refractivity contribution in [3.8, 4) is 11.8 Å². The lowest BCUT2D eigenvalue weighted by Crippen LogP contribution is -2.50. The van der Waals surface area contributed by atoms with Crippen LogP contribution in [0.25, 0.3) is 0 Å². The van der Waals surface area contributed by atoms with Gasteiger partial charge in [0.15, 0.2) is 8.32 Å². The molecule has 0 N–H and O–H groups in total. The largest absolute Gasteiger partial charge is 0.463 e. The molecule has 39 heavy (non-hydrogen) atoms. The molecule has 212 valence electrons. The van der Waals surface area contributed by atoms with E-state index in [9.17, 15) is 4.79 Å². The topological polar surface area (TPSA) is 35.5 Å². The van der Waals surface area contributed by atoms with Crippen molar-refractivity contribution in [2.45, 2.75) is 110 Å². The van der Waals surface area contributed by atoms with Gasteiger partial charge in [-0.2, -0.15) is 0 Å². The van der Waals surface area contributed by atoms with E-state index in [2.05, 4.69) is 89.1 Å². The van der Waals surface area contributed by atoms with Gasteiger partial charge in [-0.25, -0.2) is 4.79 Å². The Kier molecular flexibility index (Phi) is 10.7. The molecule has 4 heteroatoms. The molecule has 0 bridgehead atoms. The van der Waals surface area contributed by atoms with Crippen LogP contribution in [0.15, 0.2) is 66.3 Å². The predicted molar refractivity (Wildman–Crippen MR) is 166 cm³/mol. The number of ether oxygens (including phenoxy) is 1. The smallest absolute Gasteiger partial charge is 0.330 e. The molecule has 2 fully saturated rings. The van der Waals surface area contributed by atoms with Gasteiger partial charge in [-0.3, -0.25) is 0 Å². The van der Waals surface area contributed by atoms with Gasteiger partial charge in [0.25, 0.3) is 0 Å². The SMILES string of the molecule is CCOC(=O)/C=C1\CCCCC1(C)/C=C/C=C/C(O[Si](C)(C)C(C)(C)C)C1(CC#Cc2ccccc2)CCC1. The van der Waals surface area contributed by atoms with E-state index in [-0.39, 0.29) is 27.9 Å². The van der Waals surface area contributed by atoms with E-state index in [0.717, 1.165) is 44.1 Å². The summed E-state index contributed by atoms with van der Waals surface area (Å²) in [6.45, 7) is 16.1. The number of rotatable bonds is 9. The number of hydrogen-bond acceptors (Lipinski definition) is 3. The Morgan fingerprint density at radius 2 is 1.79 bits per heavy atom. The molecule has 0 saturated heterocycles. The molecule has 3 rings (SSSR count). The summed E-state index contributed by atoms with van der Waals surface area (Å²) in [5, 5.41) is 0.137. The molecule has 2 unspecified atom stereocenters. The van der Waals surface area contributed by atoms with Crippen molar-refractivity contribution in [1.29, 1.82) is 0 Å². The van der Waals surface area contributed by atoms with Crippen LogP contribution in [0.3, 0.4) is 0 Å². The van der Waals surface area contributed by atoms with Crippen molar-refractivity contribution < 1.29 is 14.0 Å². The van der Waals surface area contributed by atoms with E-state index < -0.39 is 8.32 Å². The van der Waals surface area contributed by atoms with Crippen molar-refractivity contribution in [1.82, 2.24) is 0 Å². The molecule has 0 radical (unpaired) electrons. The van der Waals surface area contributed by atoms with Gasteiger partial charge in [-0.15, -0.1) is 0 Å². The fraction of sp³-hybridized carbons (Fsp3) is 0.571. The highest BCUT2D eigenvalue weighted by atomic mass is 28.4. The van der Waals surface area contributed by atoms with E-state index >= 15 is 0 Å². The lowest BCUT2D eigenvalue weighted by atomic mass is 9.63. The molecular formula is C35H50O3Si. The first kappa shape index (κ1) is 31.2. The number of hydrogen-bond donors (Lipinski definition) is 0. The standard InChI is InChI=1S/C35H50O3Si/c1-8-37-32(36)28-30-21-12-14-23-34(30,5)24-15-13-22-31(38-39(6,7)33(2,3)4)35(26-17-27-35)25-16-20-29-18-10-9-11-19-29/h9-11,13,15,18-19,22,24,28,31H,8,12,14,17,21,23,25-27H2,1-7H3/b22-13+,24-15+,30-28+.